The van der Waals surface area contributed by atoms with Gasteiger partial charge < -0.3 is 10.4 Å². The highest BCUT2D eigenvalue weighted by Crippen LogP contribution is 1.92. The van der Waals surface area contributed by atoms with Crippen molar-refractivity contribution in [3.8, 4) is 0 Å². The summed E-state index contributed by atoms with van der Waals surface area (Å²) in [5, 5.41) is 12.3. The molecule has 0 saturated carbocycles. The smallest absolute Gasteiger partial charge is 0.0229 e. The maximum absolute atomic E-state index is 9.67. The first-order valence-corrected chi connectivity index (χ1v) is 2.64. The third kappa shape index (κ3) is 1.57. The van der Waals surface area contributed by atoms with Crippen LogP contribution < -0.4 is 0 Å². The highest BCUT2D eigenvalue weighted by atomic mass is 16.4. The zero-order valence-electron chi connectivity index (χ0n) is 4.82. The van der Waals surface area contributed by atoms with Crippen LogP contribution in [0.2, 0.25) is 0 Å². The molecular weight excluding hydrogens is 114 g/mol. The Labute approximate surface area is 53.4 Å². The number of hydrogen-bond donors (Lipinski definition) is 0. The van der Waals surface area contributed by atoms with Crippen LogP contribution in [0.3, 0.4) is 0 Å². The van der Waals surface area contributed by atoms with Gasteiger partial charge in [-0.3, -0.25) is 0 Å². The lowest BCUT2D eigenvalue weighted by atomic mass is 10.2. The van der Waals surface area contributed by atoms with Crippen LogP contribution in [0.25, 0.3) is 0 Å². The second-order valence-electron chi connectivity index (χ2n) is 1.65. The summed E-state index contributed by atoms with van der Waals surface area (Å²) >= 11 is 0. The van der Waals surface area contributed by atoms with Gasteiger partial charge >= 0.3 is 0 Å². The van der Waals surface area contributed by atoms with E-state index in [1.165, 1.54) is 6.21 Å². The molecule has 0 heterocycles. The molecule has 1 rings (SSSR count). The molecule has 0 radical (unpaired) electrons. The van der Waals surface area contributed by atoms with Gasteiger partial charge in [-0.05, 0) is 5.56 Å². The molecule has 0 fully saturated rings. The van der Waals surface area contributed by atoms with E-state index in [1.807, 2.05) is 30.3 Å². The standard InChI is InChI=1S/C7H7NO/c9-8-6-7-4-2-1-3-5-7/h1-6,9H/p-1/b8-6-. The van der Waals surface area contributed by atoms with E-state index in [1.54, 1.807) is 0 Å². The molecule has 0 amide bonds. The van der Waals surface area contributed by atoms with Crippen LogP contribution in [0.4, 0.5) is 0 Å². The summed E-state index contributed by atoms with van der Waals surface area (Å²) in [5.41, 5.74) is 0.840. The maximum Gasteiger partial charge on any atom is 0.0229 e. The van der Waals surface area contributed by atoms with Crippen molar-refractivity contribution < 1.29 is 0 Å². The van der Waals surface area contributed by atoms with E-state index in [0.717, 1.165) is 5.56 Å². The van der Waals surface area contributed by atoms with Gasteiger partial charge in [0, 0.05) is 6.21 Å². The normalized spacial score (nSPS) is 10.2. The fourth-order valence-corrected chi connectivity index (χ4v) is 0.600. The van der Waals surface area contributed by atoms with Gasteiger partial charge in [0.15, 0.2) is 0 Å². The predicted molar refractivity (Wildman–Crippen MR) is 37.4 cm³/mol. The molecule has 0 atom stereocenters. The quantitative estimate of drug-likeness (QED) is 0.409. The summed E-state index contributed by atoms with van der Waals surface area (Å²) in [6.45, 7) is 0. The highest BCUT2D eigenvalue weighted by molar-refractivity contribution is 5.79. The first kappa shape index (κ1) is 5.82. The molecule has 46 valence electrons. The average Bonchev–Trinajstić information content (AvgIpc) is 1.91. The number of benzene rings is 1. The lowest BCUT2D eigenvalue weighted by molar-refractivity contribution is 1.60. The fraction of sp³-hybridized carbons (Fsp3) is 0. The molecule has 1 aromatic carbocycles. The van der Waals surface area contributed by atoms with Gasteiger partial charge in [-0.15, -0.1) is 0 Å². The maximum atomic E-state index is 9.67. The Hall–Kier alpha value is -1.31. The Bertz CT molecular complexity index is 193. The van der Waals surface area contributed by atoms with E-state index in [4.69, 9.17) is 0 Å². The molecular formula is C7H6NO-. The average molecular weight is 120 g/mol. The van der Waals surface area contributed by atoms with E-state index in [-0.39, 0.29) is 0 Å². The van der Waals surface area contributed by atoms with Gasteiger partial charge in [-0.25, -0.2) is 0 Å². The van der Waals surface area contributed by atoms with Gasteiger partial charge in [-0.1, -0.05) is 30.3 Å². The molecule has 0 bridgehead atoms. The number of hydrogen-bond acceptors (Lipinski definition) is 2. The van der Waals surface area contributed by atoms with Crippen molar-refractivity contribution in [1.82, 2.24) is 0 Å². The molecule has 0 unspecified atom stereocenters. The Morgan fingerprint density at radius 3 is 2.44 bits per heavy atom. The molecule has 0 saturated heterocycles. The Morgan fingerprint density at radius 1 is 1.22 bits per heavy atom. The molecule has 1 aromatic rings. The van der Waals surface area contributed by atoms with Gasteiger partial charge in [-0.2, -0.15) is 0 Å². The summed E-state index contributed by atoms with van der Waals surface area (Å²) in [7, 11) is 0. The van der Waals surface area contributed by atoms with Gasteiger partial charge in [0.1, 0.15) is 0 Å². The summed E-state index contributed by atoms with van der Waals surface area (Å²) in [5.74, 6) is 0. The van der Waals surface area contributed by atoms with Crippen molar-refractivity contribution in [2.75, 3.05) is 0 Å². The van der Waals surface area contributed by atoms with Crippen molar-refractivity contribution in [2.24, 2.45) is 5.16 Å². The van der Waals surface area contributed by atoms with E-state index in [2.05, 4.69) is 5.16 Å². The van der Waals surface area contributed by atoms with Crippen LogP contribution in [-0.4, -0.2) is 6.21 Å². The molecule has 2 nitrogen and oxygen atoms in total. The Morgan fingerprint density at radius 2 is 1.89 bits per heavy atom. The van der Waals surface area contributed by atoms with Crippen molar-refractivity contribution in [2.45, 2.75) is 0 Å². The summed E-state index contributed by atoms with van der Waals surface area (Å²) in [6, 6.07) is 9.25. The fourth-order valence-electron chi connectivity index (χ4n) is 0.600. The third-order valence-corrected chi connectivity index (χ3v) is 1.00. The second kappa shape index (κ2) is 2.87. The monoisotopic (exact) mass is 120 g/mol. The third-order valence-electron chi connectivity index (χ3n) is 1.00. The molecule has 0 aromatic heterocycles. The molecule has 0 N–H and O–H groups in total. The zero-order chi connectivity index (χ0) is 6.53. The summed E-state index contributed by atoms with van der Waals surface area (Å²) in [4.78, 5) is 0. The summed E-state index contributed by atoms with van der Waals surface area (Å²) in [6.07, 6.45) is 1.28. The van der Waals surface area contributed by atoms with Gasteiger partial charge in [0.2, 0.25) is 0 Å². The first-order valence-electron chi connectivity index (χ1n) is 2.64. The largest absolute Gasteiger partial charge is 0.792 e. The van der Waals surface area contributed by atoms with Crippen LogP contribution in [-0.2, 0) is 0 Å². The molecule has 0 aliphatic carbocycles. The first-order chi connectivity index (χ1) is 4.43. The van der Waals surface area contributed by atoms with Gasteiger partial charge in [0.25, 0.3) is 0 Å². The molecule has 2 heteroatoms. The summed E-state index contributed by atoms with van der Waals surface area (Å²) < 4.78 is 0. The Balaban J connectivity index is 2.85. The van der Waals surface area contributed by atoms with E-state index < -0.39 is 0 Å². The second-order valence-corrected chi connectivity index (χ2v) is 1.65. The van der Waals surface area contributed by atoms with Crippen molar-refractivity contribution in [3.63, 3.8) is 0 Å². The Kier molecular flexibility index (Phi) is 1.85. The van der Waals surface area contributed by atoms with Crippen LogP contribution in [0.5, 0.6) is 0 Å². The lowest BCUT2D eigenvalue weighted by Gasteiger charge is -1.90. The molecule has 0 aliphatic rings. The number of nitrogens with zero attached hydrogens (tertiary/aromatic N) is 1. The predicted octanol–water partition coefficient (Wildman–Crippen LogP) is 1.60. The van der Waals surface area contributed by atoms with E-state index in [0.29, 0.717) is 0 Å². The van der Waals surface area contributed by atoms with Gasteiger partial charge in [0.05, 0.1) is 0 Å². The SMILES string of the molecule is [O-]/N=C\c1ccccc1. The highest BCUT2D eigenvalue weighted by Gasteiger charge is 1.78. The van der Waals surface area contributed by atoms with E-state index in [9.17, 15) is 5.21 Å². The van der Waals surface area contributed by atoms with Crippen LogP contribution in [0, 0.1) is 5.21 Å². The van der Waals surface area contributed by atoms with Crippen LogP contribution >= 0.6 is 0 Å². The molecule has 0 aliphatic heterocycles. The van der Waals surface area contributed by atoms with Crippen LogP contribution in [0.15, 0.2) is 35.5 Å². The number of rotatable bonds is 1. The minimum Gasteiger partial charge on any atom is -0.792 e. The van der Waals surface area contributed by atoms with Crippen molar-refractivity contribution in [1.29, 1.82) is 0 Å². The zero-order valence-corrected chi connectivity index (χ0v) is 4.82. The van der Waals surface area contributed by atoms with Crippen molar-refractivity contribution in [3.05, 3.63) is 41.1 Å². The molecule has 9 heavy (non-hydrogen) atoms. The van der Waals surface area contributed by atoms with E-state index >= 15 is 0 Å². The van der Waals surface area contributed by atoms with Crippen molar-refractivity contribution >= 4 is 6.21 Å². The minimum atomic E-state index is 0.840. The topological polar surface area (TPSA) is 35.4 Å². The van der Waals surface area contributed by atoms with Crippen LogP contribution in [0.1, 0.15) is 5.56 Å². The minimum absolute atomic E-state index is 0.840. The lowest BCUT2D eigenvalue weighted by Crippen LogP contribution is -1.75. The molecule has 0 spiro atoms.